The van der Waals surface area contributed by atoms with Crippen molar-refractivity contribution in [3.63, 3.8) is 0 Å². The summed E-state index contributed by atoms with van der Waals surface area (Å²) in [7, 11) is -2.33. The molecule has 0 saturated carbocycles. The van der Waals surface area contributed by atoms with Crippen molar-refractivity contribution in [2.75, 3.05) is 17.1 Å². The number of sulfonamides is 1. The molecule has 1 aromatic heterocycles. The number of ether oxygens (including phenoxy) is 1. The molecule has 1 amide bonds. The van der Waals surface area contributed by atoms with Crippen LogP contribution in [0.4, 0.5) is 15.8 Å². The van der Waals surface area contributed by atoms with Gasteiger partial charge in [-0.2, -0.15) is 0 Å². The molecule has 4 rings (SSSR count). The Hall–Kier alpha value is -3.98. The second-order valence-electron chi connectivity index (χ2n) is 6.81. The van der Waals surface area contributed by atoms with E-state index in [4.69, 9.17) is 4.74 Å². The number of aromatic nitrogens is 1. The van der Waals surface area contributed by atoms with Crippen molar-refractivity contribution in [2.45, 2.75) is 4.90 Å². The molecule has 4 aromatic rings. The minimum absolute atomic E-state index is 0.0688. The minimum Gasteiger partial charge on any atom is -0.494 e. The van der Waals surface area contributed by atoms with Crippen LogP contribution in [0, 0.1) is 5.82 Å². The summed E-state index contributed by atoms with van der Waals surface area (Å²) < 4.78 is 45.6. The van der Waals surface area contributed by atoms with Gasteiger partial charge in [-0.25, -0.2) is 12.8 Å². The highest BCUT2D eigenvalue weighted by atomic mass is 32.2. The van der Waals surface area contributed by atoms with Crippen LogP contribution in [0.1, 0.15) is 10.4 Å². The zero-order chi connectivity index (χ0) is 22.7. The van der Waals surface area contributed by atoms with Crippen molar-refractivity contribution in [3.8, 4) is 5.75 Å². The van der Waals surface area contributed by atoms with Crippen molar-refractivity contribution in [1.29, 1.82) is 0 Å². The molecular formula is C23H18FN3O4S. The van der Waals surface area contributed by atoms with Gasteiger partial charge in [0.1, 0.15) is 17.1 Å². The molecule has 1 heterocycles. The second kappa shape index (κ2) is 8.64. The Labute approximate surface area is 183 Å². The molecule has 0 unspecified atom stereocenters. The molecule has 0 radical (unpaired) electrons. The minimum atomic E-state index is -3.88. The van der Waals surface area contributed by atoms with E-state index in [1.807, 2.05) is 6.07 Å². The van der Waals surface area contributed by atoms with E-state index >= 15 is 0 Å². The van der Waals surface area contributed by atoms with E-state index in [0.29, 0.717) is 22.5 Å². The maximum absolute atomic E-state index is 13.0. The number of nitrogens with zero attached hydrogens (tertiary/aromatic N) is 1. The average Bonchev–Trinajstić information content (AvgIpc) is 2.80. The summed E-state index contributed by atoms with van der Waals surface area (Å²) in [6.45, 7) is 0. The first-order valence-corrected chi connectivity index (χ1v) is 11.0. The average molecular weight is 451 g/mol. The highest BCUT2D eigenvalue weighted by Gasteiger charge is 2.15. The van der Waals surface area contributed by atoms with Gasteiger partial charge in [-0.1, -0.05) is 0 Å². The first kappa shape index (κ1) is 21.3. The van der Waals surface area contributed by atoms with Crippen molar-refractivity contribution in [3.05, 3.63) is 90.4 Å². The third kappa shape index (κ3) is 4.37. The lowest BCUT2D eigenvalue weighted by Gasteiger charge is -2.12. The van der Waals surface area contributed by atoms with Crippen LogP contribution in [0.15, 0.2) is 83.9 Å². The van der Waals surface area contributed by atoms with Crippen LogP contribution < -0.4 is 14.8 Å². The lowest BCUT2D eigenvalue weighted by atomic mass is 10.1. The molecule has 0 atom stereocenters. The number of rotatable bonds is 6. The third-order valence-electron chi connectivity index (χ3n) is 4.72. The highest BCUT2D eigenvalue weighted by Crippen LogP contribution is 2.30. The number of halogens is 1. The fourth-order valence-corrected chi connectivity index (χ4v) is 4.19. The monoisotopic (exact) mass is 451 g/mol. The molecule has 9 heteroatoms. The van der Waals surface area contributed by atoms with Gasteiger partial charge in [0.05, 0.1) is 17.7 Å². The summed E-state index contributed by atoms with van der Waals surface area (Å²) in [6.07, 6.45) is 1.64. The Morgan fingerprint density at radius 1 is 0.969 bits per heavy atom. The lowest BCUT2D eigenvalue weighted by molar-refractivity contribution is 0.102. The van der Waals surface area contributed by atoms with Gasteiger partial charge in [0, 0.05) is 22.8 Å². The topological polar surface area (TPSA) is 97.4 Å². The predicted octanol–water partition coefficient (Wildman–Crippen LogP) is 4.44. The van der Waals surface area contributed by atoms with Crippen molar-refractivity contribution < 1.29 is 22.3 Å². The fourth-order valence-electron chi connectivity index (χ4n) is 3.13. The van der Waals surface area contributed by atoms with Crippen LogP contribution in [-0.2, 0) is 10.0 Å². The van der Waals surface area contributed by atoms with E-state index < -0.39 is 15.8 Å². The summed E-state index contributed by atoms with van der Waals surface area (Å²) in [5.41, 5.74) is 1.80. The Morgan fingerprint density at radius 3 is 2.38 bits per heavy atom. The number of pyridine rings is 1. The molecule has 3 aromatic carbocycles. The molecule has 7 nitrogen and oxygen atoms in total. The van der Waals surface area contributed by atoms with E-state index in [0.717, 1.165) is 17.5 Å². The number of benzene rings is 3. The maximum atomic E-state index is 13.0. The number of carbonyl (C=O) groups excluding carboxylic acids is 1. The van der Waals surface area contributed by atoms with Gasteiger partial charge in [-0.15, -0.1) is 0 Å². The predicted molar refractivity (Wildman–Crippen MR) is 120 cm³/mol. The number of anilines is 2. The molecule has 0 spiro atoms. The molecular weight excluding hydrogens is 433 g/mol. The van der Waals surface area contributed by atoms with E-state index in [9.17, 15) is 17.6 Å². The van der Waals surface area contributed by atoms with Crippen LogP contribution in [0.25, 0.3) is 10.9 Å². The molecule has 2 N–H and O–H groups in total. The number of nitrogens with one attached hydrogen (secondary N) is 2. The fraction of sp³-hybridized carbons (Fsp3) is 0.0435. The Kier molecular flexibility index (Phi) is 5.74. The lowest BCUT2D eigenvalue weighted by Crippen LogP contribution is -2.14. The number of methoxy groups -OCH3 is 1. The van der Waals surface area contributed by atoms with Crippen LogP contribution in [0.3, 0.4) is 0 Å². The SMILES string of the molecule is COc1ccc(NC(=O)c2ccc(NS(=O)(=O)c3ccc(F)cc3)cc2)c2cccnc12. The van der Waals surface area contributed by atoms with E-state index in [2.05, 4.69) is 15.0 Å². The van der Waals surface area contributed by atoms with Gasteiger partial charge in [-0.3, -0.25) is 14.5 Å². The number of hydrogen-bond donors (Lipinski definition) is 2. The van der Waals surface area contributed by atoms with E-state index in [1.165, 1.54) is 36.4 Å². The Bertz CT molecular complexity index is 1390. The molecule has 0 bridgehead atoms. The first-order valence-electron chi connectivity index (χ1n) is 9.49. The summed E-state index contributed by atoms with van der Waals surface area (Å²) in [5, 5.41) is 3.57. The Balaban J connectivity index is 1.52. The standard InChI is InChI=1S/C23H18FN3O4S/c1-31-21-13-12-20(19-3-2-14-25-22(19)21)26-23(28)15-4-8-17(9-5-15)27-32(29,30)18-10-6-16(24)7-11-18/h2-14,27H,1H3,(H,26,28). The van der Waals surface area contributed by atoms with Crippen LogP contribution >= 0.6 is 0 Å². The Morgan fingerprint density at radius 2 is 1.69 bits per heavy atom. The first-order chi connectivity index (χ1) is 15.4. The number of fused-ring (bicyclic) bond motifs is 1. The quantitative estimate of drug-likeness (QED) is 0.452. The zero-order valence-corrected chi connectivity index (χ0v) is 17.7. The molecule has 0 aliphatic carbocycles. The van der Waals surface area contributed by atoms with Gasteiger partial charge in [0.25, 0.3) is 15.9 Å². The molecule has 0 aliphatic heterocycles. The molecule has 0 saturated heterocycles. The third-order valence-corrected chi connectivity index (χ3v) is 6.12. The zero-order valence-electron chi connectivity index (χ0n) is 16.9. The summed E-state index contributed by atoms with van der Waals surface area (Å²) in [5.74, 6) is -0.301. The van der Waals surface area contributed by atoms with Gasteiger partial charge in [0.2, 0.25) is 0 Å². The summed E-state index contributed by atoms with van der Waals surface area (Å²) in [6, 6.07) is 17.5. The van der Waals surface area contributed by atoms with E-state index in [1.54, 1.807) is 31.5 Å². The number of hydrogen-bond acceptors (Lipinski definition) is 5. The van der Waals surface area contributed by atoms with Gasteiger partial charge >= 0.3 is 0 Å². The van der Waals surface area contributed by atoms with Crippen molar-refractivity contribution in [2.24, 2.45) is 0 Å². The molecule has 32 heavy (non-hydrogen) atoms. The van der Waals surface area contributed by atoms with Gasteiger partial charge in [0.15, 0.2) is 0 Å². The smallest absolute Gasteiger partial charge is 0.261 e. The van der Waals surface area contributed by atoms with Crippen LogP contribution in [0.5, 0.6) is 5.75 Å². The van der Waals surface area contributed by atoms with Gasteiger partial charge in [-0.05, 0) is 72.8 Å². The van der Waals surface area contributed by atoms with Crippen LogP contribution in [-0.4, -0.2) is 26.4 Å². The second-order valence-corrected chi connectivity index (χ2v) is 8.49. The number of amides is 1. The van der Waals surface area contributed by atoms with Crippen LogP contribution in [0.2, 0.25) is 0 Å². The maximum Gasteiger partial charge on any atom is 0.261 e. The largest absolute Gasteiger partial charge is 0.494 e. The molecule has 162 valence electrons. The normalized spacial score (nSPS) is 11.2. The molecule has 0 aliphatic rings. The van der Waals surface area contributed by atoms with Crippen molar-refractivity contribution >= 4 is 38.2 Å². The number of carbonyl (C=O) groups is 1. The summed E-state index contributed by atoms with van der Waals surface area (Å²) >= 11 is 0. The highest BCUT2D eigenvalue weighted by molar-refractivity contribution is 7.92. The van der Waals surface area contributed by atoms with Gasteiger partial charge < -0.3 is 10.1 Å². The van der Waals surface area contributed by atoms with E-state index in [-0.39, 0.29) is 16.5 Å². The summed E-state index contributed by atoms with van der Waals surface area (Å²) in [4.78, 5) is 17.0. The van der Waals surface area contributed by atoms with Crippen molar-refractivity contribution in [1.82, 2.24) is 4.98 Å². The molecule has 0 fully saturated rings.